The fraction of sp³-hybridized carbons (Fsp3) is 0.200. The molecule has 2 heteroatoms. The van der Waals surface area contributed by atoms with Gasteiger partial charge in [-0.1, -0.05) is 29.8 Å². The Morgan fingerprint density at radius 2 is 1.37 bits per heavy atom. The van der Waals surface area contributed by atoms with Crippen LogP contribution in [0.1, 0.15) is 16.7 Å². The van der Waals surface area contributed by atoms with E-state index in [1.165, 1.54) is 50.1 Å². The van der Waals surface area contributed by atoms with Crippen LogP contribution in [-0.4, -0.2) is 0 Å². The topological polar surface area (TPSA) is 7.76 Å². The van der Waals surface area contributed by atoms with E-state index in [-0.39, 0.29) is 0 Å². The van der Waals surface area contributed by atoms with Gasteiger partial charge >= 0.3 is 0 Å². The van der Waals surface area contributed by atoms with Gasteiger partial charge in [0.15, 0.2) is 6.20 Å². The molecule has 0 aliphatic rings. The molecular weight excluding hydrogens is 328 g/mol. The van der Waals surface area contributed by atoms with E-state index in [9.17, 15) is 0 Å². The summed E-state index contributed by atoms with van der Waals surface area (Å²) in [5.41, 5.74) is 8.95. The number of aryl methyl sites for hydroxylation is 3. The number of aromatic nitrogens is 2. The summed E-state index contributed by atoms with van der Waals surface area (Å²) in [6.45, 7) is 6.58. The first-order valence-electron chi connectivity index (χ1n) is 9.42. The molecule has 134 valence electrons. The van der Waals surface area contributed by atoms with E-state index < -0.39 is 0 Å². The minimum atomic E-state index is 1.21. The summed E-state index contributed by atoms with van der Waals surface area (Å²) in [5.74, 6) is 0. The van der Waals surface area contributed by atoms with Crippen molar-refractivity contribution in [2.75, 3.05) is 0 Å². The van der Waals surface area contributed by atoms with Crippen molar-refractivity contribution in [1.82, 2.24) is 0 Å². The van der Waals surface area contributed by atoms with E-state index in [4.69, 9.17) is 0 Å². The van der Waals surface area contributed by atoms with Crippen LogP contribution in [0.25, 0.3) is 33.4 Å². The third kappa shape index (κ3) is 3.02. The van der Waals surface area contributed by atoms with Gasteiger partial charge in [0.25, 0.3) is 11.4 Å². The number of hydrogen-bond acceptors (Lipinski definition) is 0. The Balaban J connectivity index is 1.95. The lowest BCUT2D eigenvalue weighted by Gasteiger charge is -2.10. The van der Waals surface area contributed by atoms with Gasteiger partial charge in [-0.25, -0.2) is 0 Å². The Kier molecular flexibility index (Phi) is 4.27. The van der Waals surface area contributed by atoms with Crippen LogP contribution in [0.3, 0.4) is 0 Å². The Labute approximate surface area is 161 Å². The predicted molar refractivity (Wildman–Crippen MR) is 111 cm³/mol. The second-order valence-electron chi connectivity index (χ2n) is 7.51. The van der Waals surface area contributed by atoms with E-state index >= 15 is 0 Å². The van der Waals surface area contributed by atoms with Crippen LogP contribution in [0.4, 0.5) is 0 Å². The highest BCUT2D eigenvalue weighted by atomic mass is 15.0. The van der Waals surface area contributed by atoms with Crippen molar-refractivity contribution in [2.45, 2.75) is 20.8 Å². The summed E-state index contributed by atoms with van der Waals surface area (Å²) in [4.78, 5) is 0. The van der Waals surface area contributed by atoms with Crippen LogP contribution in [0.5, 0.6) is 0 Å². The number of benzene rings is 2. The van der Waals surface area contributed by atoms with Gasteiger partial charge < -0.3 is 0 Å². The van der Waals surface area contributed by atoms with Crippen molar-refractivity contribution in [3.05, 3.63) is 83.6 Å². The molecule has 4 aromatic rings. The van der Waals surface area contributed by atoms with Gasteiger partial charge in [0.1, 0.15) is 14.1 Å². The molecule has 2 aromatic heterocycles. The van der Waals surface area contributed by atoms with Crippen molar-refractivity contribution < 1.29 is 9.13 Å². The lowest BCUT2D eigenvalue weighted by molar-refractivity contribution is -0.684. The molecule has 2 aromatic carbocycles. The average Bonchev–Trinajstić information content (AvgIpc) is 2.65. The van der Waals surface area contributed by atoms with E-state index in [2.05, 4.69) is 111 Å². The standard InChI is InChI=1S/C25H26N2/c1-17-13-18(2)19(3)22(14-17)23-11-8-12-24(27(23)5)25-15-20-9-6-7-10-21(20)16-26(25)4/h6-16H,1-5H3/q+2. The first-order chi connectivity index (χ1) is 13.0. The molecule has 0 spiro atoms. The molecule has 2 heterocycles. The minimum Gasteiger partial charge on any atom is -0.195 e. The van der Waals surface area contributed by atoms with Crippen LogP contribution in [0.15, 0.2) is 66.9 Å². The maximum Gasteiger partial charge on any atom is 0.277 e. The van der Waals surface area contributed by atoms with Crippen LogP contribution < -0.4 is 9.13 Å². The van der Waals surface area contributed by atoms with Crippen LogP contribution in [0.2, 0.25) is 0 Å². The highest BCUT2D eigenvalue weighted by molar-refractivity contribution is 5.83. The molecule has 0 saturated heterocycles. The first kappa shape index (κ1) is 17.4. The summed E-state index contributed by atoms with van der Waals surface area (Å²) >= 11 is 0. The SMILES string of the molecule is Cc1cc(C)c(C)c(-c2cccc(-c3cc4ccccc4c[n+]3C)[n+]2C)c1. The van der Waals surface area contributed by atoms with Gasteiger partial charge in [0.05, 0.1) is 0 Å². The lowest BCUT2D eigenvalue weighted by Crippen LogP contribution is -2.40. The zero-order valence-corrected chi connectivity index (χ0v) is 16.7. The van der Waals surface area contributed by atoms with Crippen molar-refractivity contribution in [2.24, 2.45) is 14.1 Å². The van der Waals surface area contributed by atoms with E-state index in [1.807, 2.05) is 0 Å². The molecule has 4 rings (SSSR count). The molecule has 2 nitrogen and oxygen atoms in total. The normalized spacial score (nSPS) is 11.1. The molecule has 0 aliphatic heterocycles. The second-order valence-corrected chi connectivity index (χ2v) is 7.51. The fourth-order valence-corrected chi connectivity index (χ4v) is 3.96. The highest BCUT2D eigenvalue weighted by Gasteiger charge is 2.24. The molecule has 0 aliphatic carbocycles. The van der Waals surface area contributed by atoms with Crippen molar-refractivity contribution in [3.8, 4) is 22.6 Å². The van der Waals surface area contributed by atoms with Gasteiger partial charge in [-0.05, 0) is 55.5 Å². The molecule has 0 saturated carbocycles. The minimum absolute atomic E-state index is 1.21. The maximum absolute atomic E-state index is 2.31. The van der Waals surface area contributed by atoms with Gasteiger partial charge in [-0.15, -0.1) is 0 Å². The Morgan fingerprint density at radius 3 is 2.15 bits per heavy atom. The van der Waals surface area contributed by atoms with Crippen LogP contribution >= 0.6 is 0 Å². The van der Waals surface area contributed by atoms with Crippen LogP contribution in [-0.2, 0) is 14.1 Å². The second kappa shape index (κ2) is 6.62. The van der Waals surface area contributed by atoms with Crippen molar-refractivity contribution in [1.29, 1.82) is 0 Å². The van der Waals surface area contributed by atoms with Gasteiger partial charge in [0, 0.05) is 29.1 Å². The molecule has 0 amide bonds. The molecule has 0 atom stereocenters. The van der Waals surface area contributed by atoms with E-state index in [0.29, 0.717) is 0 Å². The molecule has 0 unspecified atom stereocenters. The Bertz CT molecular complexity index is 1170. The van der Waals surface area contributed by atoms with Crippen molar-refractivity contribution in [3.63, 3.8) is 0 Å². The van der Waals surface area contributed by atoms with Gasteiger partial charge in [-0.2, -0.15) is 9.13 Å². The smallest absolute Gasteiger partial charge is 0.195 e. The first-order valence-corrected chi connectivity index (χ1v) is 9.42. The zero-order chi connectivity index (χ0) is 19.1. The number of pyridine rings is 2. The number of fused-ring (bicyclic) bond motifs is 1. The number of hydrogen-bond donors (Lipinski definition) is 0. The molecule has 0 N–H and O–H groups in total. The van der Waals surface area contributed by atoms with Crippen molar-refractivity contribution >= 4 is 10.8 Å². The zero-order valence-electron chi connectivity index (χ0n) is 16.7. The van der Waals surface area contributed by atoms with E-state index in [1.54, 1.807) is 0 Å². The number of nitrogens with zero attached hydrogens (tertiary/aromatic N) is 2. The quantitative estimate of drug-likeness (QED) is 0.459. The monoisotopic (exact) mass is 354 g/mol. The summed E-state index contributed by atoms with van der Waals surface area (Å²) in [6, 6.07) is 21.9. The highest BCUT2D eigenvalue weighted by Crippen LogP contribution is 2.26. The molecular formula is C25H26N2+2. The average molecular weight is 354 g/mol. The molecule has 0 fully saturated rings. The van der Waals surface area contributed by atoms with E-state index in [0.717, 1.165) is 0 Å². The Morgan fingerprint density at radius 1 is 0.667 bits per heavy atom. The Hall–Kier alpha value is -3.00. The van der Waals surface area contributed by atoms with Gasteiger partial charge in [-0.3, -0.25) is 0 Å². The fourth-order valence-electron chi connectivity index (χ4n) is 3.96. The number of rotatable bonds is 2. The summed E-state index contributed by atoms with van der Waals surface area (Å²) < 4.78 is 4.53. The van der Waals surface area contributed by atoms with Gasteiger partial charge in [0.2, 0.25) is 5.69 Å². The largest absolute Gasteiger partial charge is 0.277 e. The molecule has 0 radical (unpaired) electrons. The third-order valence-electron chi connectivity index (χ3n) is 5.58. The third-order valence-corrected chi connectivity index (χ3v) is 5.58. The predicted octanol–water partition coefficient (Wildman–Crippen LogP) is 4.75. The summed E-state index contributed by atoms with van der Waals surface area (Å²) in [7, 11) is 4.29. The summed E-state index contributed by atoms with van der Waals surface area (Å²) in [5, 5.41) is 2.52. The molecule has 27 heavy (non-hydrogen) atoms. The lowest BCUT2D eigenvalue weighted by atomic mass is 9.97. The van der Waals surface area contributed by atoms with Crippen LogP contribution in [0, 0.1) is 20.8 Å². The molecule has 0 bridgehead atoms. The maximum atomic E-state index is 2.31. The summed E-state index contributed by atoms with van der Waals surface area (Å²) in [6.07, 6.45) is 2.21.